The standard InChI is InChI=1S/C11H16BrNO3/c1-13-6-9(14)7-4-8(12)11(16-3)10(5-7)15-2/h4-5,9,13-14H,6H2,1-3H3. The molecule has 0 fully saturated rings. The molecule has 0 heterocycles. The van der Waals surface area contributed by atoms with Crippen molar-refractivity contribution in [2.24, 2.45) is 0 Å². The van der Waals surface area contributed by atoms with Crippen LogP contribution < -0.4 is 14.8 Å². The van der Waals surface area contributed by atoms with Crippen LogP contribution in [0.15, 0.2) is 16.6 Å². The third-order valence-electron chi connectivity index (χ3n) is 2.24. The zero-order valence-corrected chi connectivity index (χ0v) is 11.2. The smallest absolute Gasteiger partial charge is 0.174 e. The zero-order valence-electron chi connectivity index (χ0n) is 9.58. The van der Waals surface area contributed by atoms with Gasteiger partial charge in [-0.05, 0) is 40.7 Å². The minimum absolute atomic E-state index is 0.488. The number of halogens is 1. The molecular formula is C11H16BrNO3. The molecule has 0 bridgehead atoms. The molecule has 0 amide bonds. The maximum absolute atomic E-state index is 9.85. The Morgan fingerprint density at radius 1 is 1.38 bits per heavy atom. The third-order valence-corrected chi connectivity index (χ3v) is 2.83. The first-order valence-corrected chi connectivity index (χ1v) is 5.67. The first-order valence-electron chi connectivity index (χ1n) is 4.88. The molecule has 0 saturated carbocycles. The summed E-state index contributed by atoms with van der Waals surface area (Å²) >= 11 is 3.38. The minimum atomic E-state index is -0.568. The van der Waals surface area contributed by atoms with Gasteiger partial charge in [-0.15, -0.1) is 0 Å². The molecule has 5 heteroatoms. The van der Waals surface area contributed by atoms with E-state index < -0.39 is 6.10 Å². The van der Waals surface area contributed by atoms with Gasteiger partial charge in [0.25, 0.3) is 0 Å². The molecule has 90 valence electrons. The molecule has 0 saturated heterocycles. The molecule has 0 aliphatic carbocycles. The van der Waals surface area contributed by atoms with E-state index in [0.29, 0.717) is 18.0 Å². The Hall–Kier alpha value is -0.780. The van der Waals surface area contributed by atoms with E-state index in [1.165, 1.54) is 0 Å². The van der Waals surface area contributed by atoms with E-state index in [1.807, 2.05) is 6.07 Å². The first-order chi connectivity index (χ1) is 7.63. The number of hydrogen-bond acceptors (Lipinski definition) is 4. The van der Waals surface area contributed by atoms with Gasteiger partial charge in [0.1, 0.15) is 0 Å². The van der Waals surface area contributed by atoms with Gasteiger partial charge in [0, 0.05) is 6.54 Å². The highest BCUT2D eigenvalue weighted by molar-refractivity contribution is 9.10. The van der Waals surface area contributed by atoms with Crippen LogP contribution in [0.5, 0.6) is 11.5 Å². The van der Waals surface area contributed by atoms with Crippen molar-refractivity contribution >= 4 is 15.9 Å². The summed E-state index contributed by atoms with van der Waals surface area (Å²) in [6.07, 6.45) is -0.568. The number of hydrogen-bond donors (Lipinski definition) is 2. The van der Waals surface area contributed by atoms with Gasteiger partial charge < -0.3 is 19.9 Å². The quantitative estimate of drug-likeness (QED) is 0.867. The van der Waals surface area contributed by atoms with Crippen molar-refractivity contribution in [1.82, 2.24) is 5.32 Å². The van der Waals surface area contributed by atoms with E-state index >= 15 is 0 Å². The van der Waals surface area contributed by atoms with Crippen LogP contribution in [-0.4, -0.2) is 32.9 Å². The predicted octanol–water partition coefficient (Wildman–Crippen LogP) is 1.72. The molecule has 1 atom stereocenters. The summed E-state index contributed by atoms with van der Waals surface area (Å²) in [5, 5.41) is 12.8. The summed E-state index contributed by atoms with van der Waals surface area (Å²) in [7, 11) is 4.93. The molecular weight excluding hydrogens is 274 g/mol. The number of benzene rings is 1. The van der Waals surface area contributed by atoms with Gasteiger partial charge in [-0.2, -0.15) is 0 Å². The highest BCUT2D eigenvalue weighted by Crippen LogP contribution is 2.37. The lowest BCUT2D eigenvalue weighted by atomic mass is 10.1. The van der Waals surface area contributed by atoms with Crippen molar-refractivity contribution in [2.75, 3.05) is 27.8 Å². The van der Waals surface area contributed by atoms with Crippen molar-refractivity contribution in [2.45, 2.75) is 6.10 Å². The third kappa shape index (κ3) is 2.87. The molecule has 0 spiro atoms. The lowest BCUT2D eigenvalue weighted by molar-refractivity contribution is 0.177. The average Bonchev–Trinajstić information content (AvgIpc) is 2.28. The summed E-state index contributed by atoms with van der Waals surface area (Å²) in [5.41, 5.74) is 0.777. The second-order valence-electron chi connectivity index (χ2n) is 3.31. The summed E-state index contributed by atoms with van der Waals surface area (Å²) < 4.78 is 11.2. The van der Waals surface area contributed by atoms with Crippen molar-refractivity contribution in [3.05, 3.63) is 22.2 Å². The second kappa shape index (κ2) is 6.08. The van der Waals surface area contributed by atoms with Crippen molar-refractivity contribution < 1.29 is 14.6 Å². The monoisotopic (exact) mass is 289 g/mol. The van der Waals surface area contributed by atoms with Gasteiger partial charge in [0.15, 0.2) is 11.5 Å². The largest absolute Gasteiger partial charge is 0.493 e. The van der Waals surface area contributed by atoms with Crippen LogP contribution in [0.2, 0.25) is 0 Å². The van der Waals surface area contributed by atoms with E-state index in [4.69, 9.17) is 9.47 Å². The van der Waals surface area contributed by atoms with Crippen molar-refractivity contribution in [1.29, 1.82) is 0 Å². The van der Waals surface area contributed by atoms with Crippen LogP contribution in [0.3, 0.4) is 0 Å². The van der Waals surface area contributed by atoms with Gasteiger partial charge in [-0.25, -0.2) is 0 Å². The van der Waals surface area contributed by atoms with Gasteiger partial charge >= 0.3 is 0 Å². The Labute approximate surface area is 104 Å². The number of rotatable bonds is 5. The van der Waals surface area contributed by atoms with Crippen LogP contribution in [0, 0.1) is 0 Å². The van der Waals surface area contributed by atoms with E-state index in [0.717, 1.165) is 10.0 Å². The molecule has 0 aliphatic rings. The molecule has 1 unspecified atom stereocenters. The van der Waals surface area contributed by atoms with Gasteiger partial charge in [0.05, 0.1) is 24.8 Å². The summed E-state index contributed by atoms with van der Waals surface area (Å²) in [6, 6.07) is 3.59. The van der Waals surface area contributed by atoms with Crippen LogP contribution >= 0.6 is 15.9 Å². The Kier molecular flexibility index (Phi) is 5.05. The lowest BCUT2D eigenvalue weighted by Gasteiger charge is -2.15. The maximum Gasteiger partial charge on any atom is 0.174 e. The van der Waals surface area contributed by atoms with E-state index in [-0.39, 0.29) is 0 Å². The van der Waals surface area contributed by atoms with Gasteiger partial charge in [0.2, 0.25) is 0 Å². The number of likely N-dealkylation sites (N-methyl/N-ethyl adjacent to an activating group) is 1. The summed E-state index contributed by atoms with van der Waals surface area (Å²) in [5.74, 6) is 1.23. The lowest BCUT2D eigenvalue weighted by Crippen LogP contribution is -2.16. The molecule has 1 rings (SSSR count). The second-order valence-corrected chi connectivity index (χ2v) is 4.17. The molecule has 2 N–H and O–H groups in total. The minimum Gasteiger partial charge on any atom is -0.493 e. The Bertz CT molecular complexity index is 357. The Morgan fingerprint density at radius 3 is 2.56 bits per heavy atom. The fourth-order valence-corrected chi connectivity index (χ4v) is 2.06. The predicted molar refractivity (Wildman–Crippen MR) is 66.1 cm³/mol. The zero-order chi connectivity index (χ0) is 12.1. The number of methoxy groups -OCH3 is 2. The summed E-state index contributed by atoms with van der Waals surface area (Å²) in [4.78, 5) is 0. The molecule has 0 radical (unpaired) electrons. The van der Waals surface area contributed by atoms with E-state index in [9.17, 15) is 5.11 Å². The average molecular weight is 290 g/mol. The number of nitrogens with one attached hydrogen (secondary N) is 1. The fourth-order valence-electron chi connectivity index (χ4n) is 1.44. The Morgan fingerprint density at radius 2 is 2.06 bits per heavy atom. The molecule has 1 aromatic carbocycles. The van der Waals surface area contributed by atoms with Crippen LogP contribution in [0.25, 0.3) is 0 Å². The van der Waals surface area contributed by atoms with Crippen LogP contribution in [-0.2, 0) is 0 Å². The fraction of sp³-hybridized carbons (Fsp3) is 0.455. The van der Waals surface area contributed by atoms with E-state index in [2.05, 4.69) is 21.2 Å². The molecule has 1 aromatic rings. The van der Waals surface area contributed by atoms with Gasteiger partial charge in [-0.3, -0.25) is 0 Å². The number of aliphatic hydroxyl groups is 1. The van der Waals surface area contributed by atoms with Gasteiger partial charge in [-0.1, -0.05) is 0 Å². The van der Waals surface area contributed by atoms with Crippen LogP contribution in [0.1, 0.15) is 11.7 Å². The SMILES string of the molecule is CNCC(O)c1cc(Br)c(OC)c(OC)c1. The molecule has 16 heavy (non-hydrogen) atoms. The van der Waals surface area contributed by atoms with Crippen molar-refractivity contribution in [3.63, 3.8) is 0 Å². The first kappa shape index (κ1) is 13.3. The Balaban J connectivity index is 3.09. The molecule has 4 nitrogen and oxygen atoms in total. The highest BCUT2D eigenvalue weighted by atomic mass is 79.9. The molecule has 0 aliphatic heterocycles. The summed E-state index contributed by atoms with van der Waals surface area (Å²) in [6.45, 7) is 0.488. The number of aliphatic hydroxyl groups excluding tert-OH is 1. The topological polar surface area (TPSA) is 50.7 Å². The van der Waals surface area contributed by atoms with Crippen LogP contribution in [0.4, 0.5) is 0 Å². The maximum atomic E-state index is 9.85. The number of ether oxygens (including phenoxy) is 2. The normalized spacial score (nSPS) is 12.3. The highest BCUT2D eigenvalue weighted by Gasteiger charge is 2.14. The molecule has 0 aromatic heterocycles. The van der Waals surface area contributed by atoms with Crippen molar-refractivity contribution in [3.8, 4) is 11.5 Å². The van der Waals surface area contributed by atoms with E-state index in [1.54, 1.807) is 27.3 Å².